The Hall–Kier alpha value is -1.73. The van der Waals surface area contributed by atoms with Crippen LogP contribution >= 0.6 is 11.8 Å². The van der Waals surface area contributed by atoms with Crippen molar-refractivity contribution in [3.8, 4) is 5.75 Å². The molecule has 0 radical (unpaired) electrons. The van der Waals surface area contributed by atoms with E-state index in [0.29, 0.717) is 23.9 Å². The number of methoxy groups -OCH3 is 1. The summed E-state index contributed by atoms with van der Waals surface area (Å²) in [7, 11) is 1.60. The van der Waals surface area contributed by atoms with Crippen molar-refractivity contribution in [2.24, 2.45) is 0 Å². The van der Waals surface area contributed by atoms with Crippen molar-refractivity contribution < 1.29 is 19.1 Å². The van der Waals surface area contributed by atoms with Gasteiger partial charge in [0.1, 0.15) is 17.9 Å². The number of hydrogen-bond acceptors (Lipinski definition) is 5. The summed E-state index contributed by atoms with van der Waals surface area (Å²) >= 11 is 1.59. The second-order valence-corrected chi connectivity index (χ2v) is 6.54. The number of hydrogen-bond donors (Lipinski definition) is 1. The number of carbonyl (C=O) groups is 2. The Morgan fingerprint density at radius 3 is 2.78 bits per heavy atom. The molecule has 0 saturated carbocycles. The minimum atomic E-state index is -0.446. The van der Waals surface area contributed by atoms with Crippen LogP contribution in [0.3, 0.4) is 0 Å². The lowest BCUT2D eigenvalue weighted by molar-refractivity contribution is -0.144. The van der Waals surface area contributed by atoms with Crippen LogP contribution in [0, 0.1) is 0 Å². The van der Waals surface area contributed by atoms with E-state index in [0.717, 1.165) is 18.6 Å². The Morgan fingerprint density at radius 1 is 1.35 bits per heavy atom. The third kappa shape index (κ3) is 3.61. The van der Waals surface area contributed by atoms with E-state index in [2.05, 4.69) is 5.32 Å². The van der Waals surface area contributed by atoms with E-state index in [1.807, 2.05) is 0 Å². The van der Waals surface area contributed by atoms with Crippen LogP contribution in [0.15, 0.2) is 24.3 Å². The molecule has 0 spiro atoms. The number of carbonyl (C=O) groups excluding carboxylic acids is 2. The van der Waals surface area contributed by atoms with Gasteiger partial charge in [-0.15, -0.1) is 11.8 Å². The summed E-state index contributed by atoms with van der Waals surface area (Å²) < 4.78 is 10.5. The summed E-state index contributed by atoms with van der Waals surface area (Å²) in [4.78, 5) is 26.6. The van der Waals surface area contributed by atoms with E-state index in [9.17, 15) is 9.59 Å². The molecule has 7 heteroatoms. The van der Waals surface area contributed by atoms with Gasteiger partial charge in [-0.05, 0) is 37.1 Å². The molecule has 0 bridgehead atoms. The van der Waals surface area contributed by atoms with Gasteiger partial charge in [0, 0.05) is 18.0 Å². The largest absolute Gasteiger partial charge is 0.497 e. The van der Waals surface area contributed by atoms with Crippen molar-refractivity contribution in [1.29, 1.82) is 0 Å². The van der Waals surface area contributed by atoms with Crippen LogP contribution in [-0.4, -0.2) is 54.2 Å². The normalized spacial score (nSPS) is 23.8. The molecule has 1 aromatic rings. The van der Waals surface area contributed by atoms with Gasteiger partial charge in [-0.1, -0.05) is 0 Å². The molecule has 2 fully saturated rings. The van der Waals surface area contributed by atoms with Crippen molar-refractivity contribution in [2.75, 3.05) is 30.7 Å². The second kappa shape index (κ2) is 7.23. The van der Waals surface area contributed by atoms with Gasteiger partial charge in [-0.2, -0.15) is 0 Å². The number of benzene rings is 1. The van der Waals surface area contributed by atoms with E-state index in [4.69, 9.17) is 9.47 Å². The molecule has 2 heterocycles. The van der Waals surface area contributed by atoms with Gasteiger partial charge in [-0.3, -0.25) is 9.59 Å². The summed E-state index contributed by atoms with van der Waals surface area (Å²) in [6, 6.07) is 6.69. The standard InChI is InChI=1S/C16H20N2O4S/c1-21-12-6-4-11(5-7-12)17-15(19)13-9-23-10-18(13)16(20)14-3-2-8-22-14/h4-7,13-14H,2-3,8-10H2,1H3,(H,17,19)/t13-,14+/m0/s1. The zero-order chi connectivity index (χ0) is 16.2. The highest BCUT2D eigenvalue weighted by Gasteiger charge is 2.38. The predicted molar refractivity (Wildman–Crippen MR) is 88.6 cm³/mol. The fraction of sp³-hybridized carbons (Fsp3) is 0.500. The molecule has 2 saturated heterocycles. The molecular formula is C16H20N2O4S. The van der Waals surface area contributed by atoms with Crippen LogP contribution in [0.1, 0.15) is 12.8 Å². The van der Waals surface area contributed by atoms with Crippen LogP contribution in [0.5, 0.6) is 5.75 Å². The molecule has 6 nitrogen and oxygen atoms in total. The fourth-order valence-electron chi connectivity index (χ4n) is 2.73. The molecule has 2 amide bonds. The molecule has 3 rings (SSSR count). The average Bonchev–Trinajstić information content (AvgIpc) is 3.26. The lowest BCUT2D eigenvalue weighted by Gasteiger charge is -2.25. The van der Waals surface area contributed by atoms with Gasteiger partial charge < -0.3 is 19.7 Å². The lowest BCUT2D eigenvalue weighted by atomic mass is 10.2. The van der Waals surface area contributed by atoms with Crippen molar-refractivity contribution in [3.05, 3.63) is 24.3 Å². The monoisotopic (exact) mass is 336 g/mol. The molecule has 124 valence electrons. The molecule has 2 aliphatic rings. The van der Waals surface area contributed by atoms with Gasteiger partial charge in [0.05, 0.1) is 13.0 Å². The van der Waals surface area contributed by atoms with Gasteiger partial charge >= 0.3 is 0 Å². The third-order valence-electron chi connectivity index (χ3n) is 4.03. The number of anilines is 1. The first-order valence-electron chi connectivity index (χ1n) is 7.64. The third-order valence-corrected chi connectivity index (χ3v) is 5.04. The first kappa shape index (κ1) is 16.1. The topological polar surface area (TPSA) is 67.9 Å². The zero-order valence-electron chi connectivity index (χ0n) is 13.0. The Balaban J connectivity index is 1.64. The van der Waals surface area contributed by atoms with E-state index < -0.39 is 6.04 Å². The molecule has 2 aliphatic heterocycles. The van der Waals surface area contributed by atoms with E-state index >= 15 is 0 Å². The van der Waals surface area contributed by atoms with Crippen LogP contribution in [0.25, 0.3) is 0 Å². The average molecular weight is 336 g/mol. The quantitative estimate of drug-likeness (QED) is 0.907. The maximum atomic E-state index is 12.5. The summed E-state index contributed by atoms with van der Waals surface area (Å²) in [6.07, 6.45) is 1.26. The minimum Gasteiger partial charge on any atom is -0.497 e. The SMILES string of the molecule is COc1ccc(NC(=O)[C@@H]2CSCN2C(=O)[C@H]2CCCO2)cc1. The maximum absolute atomic E-state index is 12.5. The van der Waals surface area contributed by atoms with Gasteiger partial charge in [0.15, 0.2) is 0 Å². The number of thioether (sulfide) groups is 1. The molecule has 0 aromatic heterocycles. The Bertz CT molecular complexity index is 572. The number of nitrogens with one attached hydrogen (secondary N) is 1. The number of amides is 2. The van der Waals surface area contributed by atoms with Gasteiger partial charge in [0.2, 0.25) is 5.91 Å². The Labute approximate surface area is 139 Å². The van der Waals surface area contributed by atoms with Crippen molar-refractivity contribution >= 4 is 29.3 Å². The zero-order valence-corrected chi connectivity index (χ0v) is 13.8. The Kier molecular flexibility index (Phi) is 5.07. The number of nitrogens with zero attached hydrogens (tertiary/aromatic N) is 1. The lowest BCUT2D eigenvalue weighted by Crippen LogP contribution is -2.48. The molecule has 0 unspecified atom stereocenters. The van der Waals surface area contributed by atoms with Crippen LogP contribution in [-0.2, 0) is 14.3 Å². The summed E-state index contributed by atoms with van der Waals surface area (Å²) in [6.45, 7) is 0.625. The smallest absolute Gasteiger partial charge is 0.253 e. The molecule has 2 atom stereocenters. The number of ether oxygens (including phenoxy) is 2. The summed E-state index contributed by atoms with van der Waals surface area (Å²) in [5.41, 5.74) is 0.692. The molecule has 1 aromatic carbocycles. The molecule has 0 aliphatic carbocycles. The Morgan fingerprint density at radius 2 is 2.13 bits per heavy atom. The van der Waals surface area contributed by atoms with Crippen LogP contribution in [0.4, 0.5) is 5.69 Å². The maximum Gasteiger partial charge on any atom is 0.253 e. The molecule has 1 N–H and O–H groups in total. The van der Waals surface area contributed by atoms with Crippen molar-refractivity contribution in [1.82, 2.24) is 4.90 Å². The highest BCUT2D eigenvalue weighted by molar-refractivity contribution is 7.99. The van der Waals surface area contributed by atoms with Gasteiger partial charge in [-0.25, -0.2) is 0 Å². The minimum absolute atomic E-state index is 0.0672. The van der Waals surface area contributed by atoms with Gasteiger partial charge in [0.25, 0.3) is 5.91 Å². The summed E-state index contributed by atoms with van der Waals surface area (Å²) in [5.74, 6) is 1.66. The molecular weight excluding hydrogens is 316 g/mol. The second-order valence-electron chi connectivity index (χ2n) is 5.54. The highest BCUT2D eigenvalue weighted by atomic mass is 32.2. The van der Waals surface area contributed by atoms with Crippen LogP contribution in [0.2, 0.25) is 0 Å². The van der Waals surface area contributed by atoms with Crippen LogP contribution < -0.4 is 10.1 Å². The van der Waals surface area contributed by atoms with E-state index in [1.165, 1.54) is 0 Å². The van der Waals surface area contributed by atoms with Crippen molar-refractivity contribution in [2.45, 2.75) is 25.0 Å². The van der Waals surface area contributed by atoms with E-state index in [-0.39, 0.29) is 17.9 Å². The van der Waals surface area contributed by atoms with E-state index in [1.54, 1.807) is 48.0 Å². The first-order chi connectivity index (χ1) is 11.2. The highest BCUT2D eigenvalue weighted by Crippen LogP contribution is 2.26. The predicted octanol–water partition coefficient (Wildman–Crippen LogP) is 1.71. The van der Waals surface area contributed by atoms with Crippen molar-refractivity contribution in [3.63, 3.8) is 0 Å². The molecule has 23 heavy (non-hydrogen) atoms. The summed E-state index contributed by atoms with van der Waals surface area (Å²) in [5, 5.41) is 2.87. The number of rotatable bonds is 4. The fourth-order valence-corrected chi connectivity index (χ4v) is 3.90. The first-order valence-corrected chi connectivity index (χ1v) is 8.79.